The molecule has 0 saturated heterocycles. The summed E-state index contributed by atoms with van der Waals surface area (Å²) in [5, 5.41) is 14.0. The Morgan fingerprint density at radius 3 is 2.79 bits per heavy atom. The Hall–Kier alpha value is -3.06. The van der Waals surface area contributed by atoms with E-state index in [1.807, 2.05) is 0 Å². The molecule has 2 aromatic carbocycles. The summed E-state index contributed by atoms with van der Waals surface area (Å²) in [4.78, 5) is 22.6. The van der Waals surface area contributed by atoms with Crippen LogP contribution in [0, 0.1) is 10.1 Å². The zero-order valence-electron chi connectivity index (χ0n) is 12.2. The first-order valence-corrected chi connectivity index (χ1v) is 7.23. The smallest absolute Gasteiger partial charge is 0.294 e. The molecule has 0 radical (unpaired) electrons. The molecular weight excluding hydrogens is 336 g/mol. The highest BCUT2D eigenvalue weighted by Crippen LogP contribution is 2.32. The highest BCUT2D eigenvalue weighted by atomic mass is 35.5. The number of nitro groups is 1. The molecule has 0 aromatic heterocycles. The molecule has 0 atom stereocenters. The molecule has 3 rings (SSSR count). The molecule has 1 aliphatic rings. The van der Waals surface area contributed by atoms with Crippen molar-refractivity contribution in [3.05, 3.63) is 69.4 Å². The summed E-state index contributed by atoms with van der Waals surface area (Å²) in [7, 11) is 0. The van der Waals surface area contributed by atoms with Crippen molar-refractivity contribution >= 4 is 28.8 Å². The van der Waals surface area contributed by atoms with E-state index in [0.29, 0.717) is 17.1 Å². The van der Waals surface area contributed by atoms with Crippen LogP contribution in [-0.2, 0) is 0 Å². The predicted octanol–water partition coefficient (Wildman–Crippen LogP) is 3.79. The van der Waals surface area contributed by atoms with Crippen LogP contribution in [0.1, 0.15) is 10.4 Å². The van der Waals surface area contributed by atoms with E-state index in [-0.39, 0.29) is 29.0 Å². The summed E-state index contributed by atoms with van der Waals surface area (Å²) in [5.41, 5.74) is 0.477. The third-order valence-electron chi connectivity index (χ3n) is 3.29. The van der Waals surface area contributed by atoms with Crippen LogP contribution >= 0.6 is 11.6 Å². The lowest BCUT2D eigenvalue weighted by molar-refractivity contribution is -0.383. The fraction of sp³-hybridized carbons (Fsp3) is 0.0625. The minimum atomic E-state index is -0.554. The van der Waals surface area contributed by atoms with E-state index in [1.165, 1.54) is 30.5 Å². The van der Waals surface area contributed by atoms with Gasteiger partial charge in [-0.1, -0.05) is 11.6 Å². The number of allylic oxidation sites excluding steroid dienone is 1. The van der Waals surface area contributed by atoms with Crippen molar-refractivity contribution in [3.63, 3.8) is 0 Å². The van der Waals surface area contributed by atoms with Crippen LogP contribution < -0.4 is 14.8 Å². The van der Waals surface area contributed by atoms with Gasteiger partial charge < -0.3 is 14.8 Å². The van der Waals surface area contributed by atoms with Crippen LogP contribution in [0.5, 0.6) is 11.5 Å². The van der Waals surface area contributed by atoms with Gasteiger partial charge in [-0.25, -0.2) is 0 Å². The van der Waals surface area contributed by atoms with E-state index in [4.69, 9.17) is 21.1 Å². The van der Waals surface area contributed by atoms with E-state index in [2.05, 4.69) is 5.32 Å². The standard InChI is InChI=1S/C16H11ClN2O5/c17-11-2-3-12(13(8-11)19(21)22)18-6-5-14(20)10-1-4-15-16(7-10)24-9-23-15/h1-8,18H,9H2. The number of hydrogen-bond donors (Lipinski definition) is 1. The van der Waals surface area contributed by atoms with Gasteiger partial charge in [0.1, 0.15) is 5.69 Å². The van der Waals surface area contributed by atoms with E-state index in [0.717, 1.165) is 0 Å². The molecule has 0 fully saturated rings. The van der Waals surface area contributed by atoms with Gasteiger partial charge in [0.15, 0.2) is 17.3 Å². The van der Waals surface area contributed by atoms with E-state index >= 15 is 0 Å². The number of nitrogens with zero attached hydrogens (tertiary/aromatic N) is 1. The first-order chi connectivity index (χ1) is 11.5. The Morgan fingerprint density at radius 2 is 2.00 bits per heavy atom. The van der Waals surface area contributed by atoms with Crippen LogP contribution in [0.2, 0.25) is 5.02 Å². The number of halogens is 1. The minimum absolute atomic E-state index is 0.130. The number of fused-ring (bicyclic) bond motifs is 1. The Labute approximate surface area is 141 Å². The topological polar surface area (TPSA) is 90.7 Å². The van der Waals surface area contributed by atoms with Crippen molar-refractivity contribution in [1.82, 2.24) is 0 Å². The van der Waals surface area contributed by atoms with Gasteiger partial charge in [-0.05, 0) is 30.3 Å². The third-order valence-corrected chi connectivity index (χ3v) is 3.52. The first-order valence-electron chi connectivity index (χ1n) is 6.85. The molecule has 0 unspecified atom stereocenters. The largest absolute Gasteiger partial charge is 0.454 e. The van der Waals surface area contributed by atoms with Crippen LogP contribution in [0.25, 0.3) is 0 Å². The summed E-state index contributed by atoms with van der Waals surface area (Å²) < 4.78 is 10.4. The van der Waals surface area contributed by atoms with Crippen LogP contribution in [0.4, 0.5) is 11.4 Å². The van der Waals surface area contributed by atoms with Crippen LogP contribution in [-0.4, -0.2) is 17.5 Å². The maximum absolute atomic E-state index is 12.1. The van der Waals surface area contributed by atoms with Crippen molar-refractivity contribution < 1.29 is 19.2 Å². The number of carbonyl (C=O) groups excluding carboxylic acids is 1. The van der Waals surface area contributed by atoms with Crippen LogP contribution in [0.3, 0.4) is 0 Å². The van der Waals surface area contributed by atoms with E-state index in [9.17, 15) is 14.9 Å². The number of ether oxygens (including phenoxy) is 2. The van der Waals surface area contributed by atoms with Crippen molar-refractivity contribution in [1.29, 1.82) is 0 Å². The number of carbonyl (C=O) groups is 1. The molecule has 0 amide bonds. The monoisotopic (exact) mass is 346 g/mol. The normalized spacial score (nSPS) is 12.4. The minimum Gasteiger partial charge on any atom is -0.454 e. The van der Waals surface area contributed by atoms with Gasteiger partial charge in [0, 0.05) is 28.9 Å². The second-order valence-corrected chi connectivity index (χ2v) is 5.26. The maximum atomic E-state index is 12.1. The average Bonchev–Trinajstić information content (AvgIpc) is 3.03. The Balaban J connectivity index is 1.73. The molecule has 1 N–H and O–H groups in total. The van der Waals surface area contributed by atoms with Crippen molar-refractivity contribution in [2.75, 3.05) is 12.1 Å². The van der Waals surface area contributed by atoms with Crippen molar-refractivity contribution in [3.8, 4) is 11.5 Å². The Morgan fingerprint density at radius 1 is 1.21 bits per heavy atom. The average molecular weight is 347 g/mol. The molecule has 24 heavy (non-hydrogen) atoms. The highest BCUT2D eigenvalue weighted by Gasteiger charge is 2.16. The zero-order valence-corrected chi connectivity index (χ0v) is 12.9. The highest BCUT2D eigenvalue weighted by molar-refractivity contribution is 6.30. The quantitative estimate of drug-likeness (QED) is 0.383. The number of nitro benzene ring substituents is 1. The van der Waals surface area contributed by atoms with Gasteiger partial charge >= 0.3 is 0 Å². The lowest BCUT2D eigenvalue weighted by Gasteiger charge is -2.03. The SMILES string of the molecule is O=C(C=CNc1ccc(Cl)cc1[N+](=O)[O-])c1ccc2c(c1)OCO2. The molecular formula is C16H11ClN2O5. The van der Waals surface area contributed by atoms with Crippen LogP contribution in [0.15, 0.2) is 48.7 Å². The number of rotatable bonds is 5. The number of benzene rings is 2. The lowest BCUT2D eigenvalue weighted by Crippen LogP contribution is -1.98. The Bertz CT molecular complexity index is 850. The molecule has 8 heteroatoms. The maximum Gasteiger partial charge on any atom is 0.294 e. The molecule has 7 nitrogen and oxygen atoms in total. The van der Waals surface area contributed by atoms with Gasteiger partial charge in [0.25, 0.3) is 5.69 Å². The van der Waals surface area contributed by atoms with Crippen molar-refractivity contribution in [2.45, 2.75) is 0 Å². The molecule has 0 spiro atoms. The van der Waals surface area contributed by atoms with Gasteiger partial charge in [-0.2, -0.15) is 0 Å². The fourth-order valence-corrected chi connectivity index (χ4v) is 2.30. The summed E-state index contributed by atoms with van der Waals surface area (Å²) in [6.07, 6.45) is 2.61. The molecule has 0 saturated carbocycles. The summed E-state index contributed by atoms with van der Waals surface area (Å²) >= 11 is 5.75. The molecule has 0 aliphatic carbocycles. The third kappa shape index (κ3) is 3.31. The lowest BCUT2D eigenvalue weighted by atomic mass is 10.1. The van der Waals surface area contributed by atoms with Gasteiger partial charge in [-0.3, -0.25) is 14.9 Å². The van der Waals surface area contributed by atoms with Gasteiger partial charge in [-0.15, -0.1) is 0 Å². The zero-order chi connectivity index (χ0) is 17.1. The molecule has 2 aromatic rings. The second-order valence-electron chi connectivity index (χ2n) is 4.83. The number of nitrogens with one attached hydrogen (secondary N) is 1. The number of anilines is 1. The summed E-state index contributed by atoms with van der Waals surface area (Å²) in [6, 6.07) is 9.07. The molecule has 1 heterocycles. The molecule has 122 valence electrons. The fourth-order valence-electron chi connectivity index (χ4n) is 2.13. The van der Waals surface area contributed by atoms with Crippen molar-refractivity contribution in [2.24, 2.45) is 0 Å². The van der Waals surface area contributed by atoms with Gasteiger partial charge in [0.2, 0.25) is 6.79 Å². The number of hydrogen-bond acceptors (Lipinski definition) is 6. The molecule has 0 bridgehead atoms. The second kappa shape index (κ2) is 6.59. The first kappa shape index (κ1) is 15.8. The van der Waals surface area contributed by atoms with E-state index in [1.54, 1.807) is 18.2 Å². The predicted molar refractivity (Wildman–Crippen MR) is 87.8 cm³/mol. The van der Waals surface area contributed by atoms with E-state index < -0.39 is 4.92 Å². The molecule has 1 aliphatic heterocycles. The number of ketones is 1. The van der Waals surface area contributed by atoms with Gasteiger partial charge in [0.05, 0.1) is 4.92 Å². The Kier molecular flexibility index (Phi) is 4.35. The summed E-state index contributed by atoms with van der Waals surface area (Å²) in [6.45, 7) is 0.130. The summed E-state index contributed by atoms with van der Waals surface area (Å²) in [5.74, 6) is 0.818.